The van der Waals surface area contributed by atoms with Crippen LogP contribution in [-0.2, 0) is 22.4 Å². The second-order valence-electron chi connectivity index (χ2n) is 7.48. The Bertz CT molecular complexity index is 591. The predicted molar refractivity (Wildman–Crippen MR) is 95.2 cm³/mol. The van der Waals surface area contributed by atoms with Crippen LogP contribution in [0.25, 0.3) is 0 Å². The van der Waals surface area contributed by atoms with E-state index in [1.807, 2.05) is 0 Å². The van der Waals surface area contributed by atoms with Crippen LogP contribution in [0.15, 0.2) is 18.2 Å². The van der Waals surface area contributed by atoms with Gasteiger partial charge in [0, 0.05) is 44.0 Å². The lowest BCUT2D eigenvalue weighted by molar-refractivity contribution is -0.122. The summed E-state index contributed by atoms with van der Waals surface area (Å²) in [7, 11) is 0. The second kappa shape index (κ2) is 7.24. The lowest BCUT2D eigenvalue weighted by Gasteiger charge is -2.36. The number of carbonyl (C=O) groups is 1. The van der Waals surface area contributed by atoms with Crippen LogP contribution in [0.5, 0.6) is 0 Å². The van der Waals surface area contributed by atoms with Crippen molar-refractivity contribution in [1.82, 2.24) is 4.90 Å². The fourth-order valence-electron chi connectivity index (χ4n) is 4.14. The van der Waals surface area contributed by atoms with Gasteiger partial charge in [-0.05, 0) is 61.8 Å². The molecule has 4 nitrogen and oxygen atoms in total. The molecular formula is C20H28N2O2. The largest absolute Gasteiger partial charge is 0.381 e. The van der Waals surface area contributed by atoms with Crippen molar-refractivity contribution in [3.05, 3.63) is 29.3 Å². The maximum Gasteiger partial charge on any atom is 0.227 e. The number of carbonyl (C=O) groups excluding carboxylic acids is 1. The molecule has 0 atom stereocenters. The van der Waals surface area contributed by atoms with Crippen LogP contribution >= 0.6 is 0 Å². The molecule has 1 saturated carbocycles. The summed E-state index contributed by atoms with van der Waals surface area (Å²) >= 11 is 0. The number of hydrogen-bond acceptors (Lipinski definition) is 3. The maximum atomic E-state index is 12.4. The highest BCUT2D eigenvalue weighted by atomic mass is 16.5. The number of nitrogens with zero attached hydrogens (tertiary/aromatic N) is 1. The molecule has 0 bridgehead atoms. The minimum Gasteiger partial charge on any atom is -0.381 e. The average molecular weight is 328 g/mol. The van der Waals surface area contributed by atoms with Gasteiger partial charge in [-0.15, -0.1) is 0 Å². The molecule has 1 amide bonds. The van der Waals surface area contributed by atoms with Crippen LogP contribution in [0.4, 0.5) is 5.69 Å². The number of nitrogens with one attached hydrogen (secondary N) is 1. The van der Waals surface area contributed by atoms with E-state index in [2.05, 4.69) is 28.4 Å². The van der Waals surface area contributed by atoms with Crippen LogP contribution in [0.3, 0.4) is 0 Å². The average Bonchev–Trinajstić information content (AvgIpc) is 2.77. The number of rotatable bonds is 3. The minimum absolute atomic E-state index is 0.103. The number of fused-ring (bicyclic) bond motifs is 1. The quantitative estimate of drug-likeness (QED) is 0.927. The van der Waals surface area contributed by atoms with Gasteiger partial charge >= 0.3 is 0 Å². The van der Waals surface area contributed by atoms with E-state index in [0.717, 1.165) is 44.0 Å². The smallest absolute Gasteiger partial charge is 0.227 e. The zero-order valence-corrected chi connectivity index (χ0v) is 14.4. The van der Waals surface area contributed by atoms with Crippen LogP contribution in [-0.4, -0.2) is 43.2 Å². The Morgan fingerprint density at radius 2 is 1.79 bits per heavy atom. The molecule has 4 rings (SSSR count). The van der Waals surface area contributed by atoms with Gasteiger partial charge in [-0.3, -0.25) is 9.69 Å². The van der Waals surface area contributed by atoms with Crippen molar-refractivity contribution in [1.29, 1.82) is 0 Å². The van der Waals surface area contributed by atoms with Gasteiger partial charge in [0.15, 0.2) is 0 Å². The maximum absolute atomic E-state index is 12.4. The van der Waals surface area contributed by atoms with Gasteiger partial charge in [0.1, 0.15) is 0 Å². The fourth-order valence-corrected chi connectivity index (χ4v) is 4.14. The van der Waals surface area contributed by atoms with Crippen LogP contribution in [0.1, 0.15) is 43.2 Å². The number of ether oxygens (including phenoxy) is 1. The Labute approximate surface area is 144 Å². The molecule has 2 fully saturated rings. The summed E-state index contributed by atoms with van der Waals surface area (Å²) in [5.74, 6) is 0.259. The van der Waals surface area contributed by atoms with Gasteiger partial charge in [0.05, 0.1) is 0 Å². The zero-order chi connectivity index (χ0) is 16.4. The van der Waals surface area contributed by atoms with Crippen molar-refractivity contribution < 1.29 is 9.53 Å². The van der Waals surface area contributed by atoms with E-state index in [0.29, 0.717) is 13.2 Å². The molecule has 2 aliphatic heterocycles. The molecule has 0 aromatic heterocycles. The molecule has 3 aliphatic rings. The third-order valence-corrected chi connectivity index (χ3v) is 5.99. The van der Waals surface area contributed by atoms with E-state index in [9.17, 15) is 4.79 Å². The molecule has 1 aliphatic carbocycles. The minimum atomic E-state index is 0.103. The van der Waals surface area contributed by atoms with Gasteiger partial charge in [-0.2, -0.15) is 0 Å². The molecule has 2 heterocycles. The number of anilines is 1. The summed E-state index contributed by atoms with van der Waals surface area (Å²) in [6.07, 6.45) is 8.08. The molecule has 0 unspecified atom stereocenters. The van der Waals surface area contributed by atoms with E-state index in [1.54, 1.807) is 0 Å². The van der Waals surface area contributed by atoms with Crippen molar-refractivity contribution in [3.63, 3.8) is 0 Å². The Morgan fingerprint density at radius 3 is 2.50 bits per heavy atom. The summed E-state index contributed by atoms with van der Waals surface area (Å²) < 4.78 is 5.35. The Hall–Kier alpha value is -1.39. The fraction of sp³-hybridized carbons (Fsp3) is 0.650. The van der Waals surface area contributed by atoms with E-state index in [1.165, 1.54) is 36.9 Å². The first-order valence-electron chi connectivity index (χ1n) is 9.54. The summed E-state index contributed by atoms with van der Waals surface area (Å²) in [6.45, 7) is 3.76. The highest BCUT2D eigenvalue weighted by Crippen LogP contribution is 2.28. The standard InChI is InChI=1S/C20H28N2O2/c23-20(16-8-12-24-13-9-16)21-18-5-4-15-6-10-22(19-2-1-3-19)11-7-17(15)14-18/h4-5,14,16,19H,1-3,6-13H2,(H,21,23). The van der Waals surface area contributed by atoms with Crippen LogP contribution in [0, 0.1) is 5.92 Å². The zero-order valence-electron chi connectivity index (χ0n) is 14.4. The van der Waals surface area contributed by atoms with Gasteiger partial charge in [0.2, 0.25) is 5.91 Å². The third-order valence-electron chi connectivity index (χ3n) is 5.99. The summed E-state index contributed by atoms with van der Waals surface area (Å²) in [5, 5.41) is 3.13. The van der Waals surface area contributed by atoms with Gasteiger partial charge in [0.25, 0.3) is 0 Å². The molecular weight excluding hydrogens is 300 g/mol. The monoisotopic (exact) mass is 328 g/mol. The number of amides is 1. The SMILES string of the molecule is O=C(Nc1ccc2c(c1)CCN(C1CCC1)CC2)C1CCOCC1. The van der Waals surface area contributed by atoms with E-state index in [-0.39, 0.29) is 11.8 Å². The van der Waals surface area contributed by atoms with Gasteiger partial charge < -0.3 is 10.1 Å². The second-order valence-corrected chi connectivity index (χ2v) is 7.48. The topological polar surface area (TPSA) is 41.6 Å². The lowest BCUT2D eigenvalue weighted by atomic mass is 9.91. The number of hydrogen-bond donors (Lipinski definition) is 1. The van der Waals surface area contributed by atoms with Gasteiger partial charge in [-0.1, -0.05) is 12.5 Å². The van der Waals surface area contributed by atoms with Crippen molar-refractivity contribution in [2.75, 3.05) is 31.6 Å². The van der Waals surface area contributed by atoms with Crippen LogP contribution in [0.2, 0.25) is 0 Å². The third kappa shape index (κ3) is 3.50. The first-order valence-corrected chi connectivity index (χ1v) is 9.54. The molecule has 0 radical (unpaired) electrons. The van der Waals surface area contributed by atoms with Crippen molar-refractivity contribution in [2.45, 2.75) is 51.0 Å². The van der Waals surface area contributed by atoms with Crippen molar-refractivity contribution >= 4 is 11.6 Å². The summed E-state index contributed by atoms with van der Waals surface area (Å²) in [6, 6.07) is 7.33. The molecule has 1 N–H and O–H groups in total. The molecule has 130 valence electrons. The van der Waals surface area contributed by atoms with Crippen LogP contribution < -0.4 is 5.32 Å². The van der Waals surface area contributed by atoms with E-state index in [4.69, 9.17) is 4.74 Å². The first-order chi connectivity index (χ1) is 11.8. The Kier molecular flexibility index (Phi) is 4.86. The molecule has 1 aromatic carbocycles. The lowest BCUT2D eigenvalue weighted by Crippen LogP contribution is -2.41. The van der Waals surface area contributed by atoms with Gasteiger partial charge in [-0.25, -0.2) is 0 Å². The number of benzene rings is 1. The van der Waals surface area contributed by atoms with Crippen molar-refractivity contribution in [3.8, 4) is 0 Å². The molecule has 0 spiro atoms. The Morgan fingerprint density at radius 1 is 1.04 bits per heavy atom. The summed E-state index contributed by atoms with van der Waals surface area (Å²) in [5.41, 5.74) is 3.84. The molecule has 1 aromatic rings. The molecule has 24 heavy (non-hydrogen) atoms. The normalized spacial score (nSPS) is 23.2. The predicted octanol–water partition coefficient (Wildman–Crippen LogP) is 3.00. The highest BCUT2D eigenvalue weighted by molar-refractivity contribution is 5.92. The first kappa shape index (κ1) is 16.1. The Balaban J connectivity index is 1.40. The molecule has 1 saturated heterocycles. The summed E-state index contributed by atoms with van der Waals surface area (Å²) in [4.78, 5) is 15.1. The molecule has 4 heteroatoms. The highest BCUT2D eigenvalue weighted by Gasteiger charge is 2.26. The van der Waals surface area contributed by atoms with E-state index >= 15 is 0 Å². The van der Waals surface area contributed by atoms with E-state index < -0.39 is 0 Å². The van der Waals surface area contributed by atoms with Crippen molar-refractivity contribution in [2.24, 2.45) is 5.92 Å².